The van der Waals surface area contributed by atoms with Crippen molar-refractivity contribution in [2.75, 3.05) is 13.2 Å². The predicted octanol–water partition coefficient (Wildman–Crippen LogP) is 19.3. The minimum absolute atomic E-state index is 0.113. The third-order valence-corrected chi connectivity index (χ3v) is 12.0. The quantitative estimate of drug-likeness (QED) is 0.0262. The molecule has 0 saturated heterocycles. The molecule has 0 aromatic rings. The van der Waals surface area contributed by atoms with Gasteiger partial charge in [-0.2, -0.15) is 0 Å². The number of allylic oxidation sites excluding steroid dienone is 16. The van der Waals surface area contributed by atoms with E-state index in [-0.39, 0.29) is 37.5 Å². The molecule has 6 heteroatoms. The molecule has 0 saturated carbocycles. The number of hydrogen-bond donors (Lipinski definition) is 0. The van der Waals surface area contributed by atoms with Crippen LogP contribution in [-0.2, 0) is 28.6 Å². The van der Waals surface area contributed by atoms with E-state index in [1.165, 1.54) is 122 Å². The number of carbonyl (C=O) groups is 3. The van der Waals surface area contributed by atoms with E-state index in [9.17, 15) is 14.4 Å². The Morgan fingerprint density at radius 2 is 0.536 bits per heavy atom. The molecule has 0 amide bonds. The summed E-state index contributed by atoms with van der Waals surface area (Å²) in [5.41, 5.74) is 0. The average Bonchev–Trinajstić information content (AvgIpc) is 3.35. The molecule has 6 nitrogen and oxygen atoms in total. The van der Waals surface area contributed by atoms with Crippen LogP contribution in [0.1, 0.15) is 265 Å². The van der Waals surface area contributed by atoms with Crippen LogP contribution in [0.15, 0.2) is 97.2 Å². The lowest BCUT2D eigenvalue weighted by atomic mass is 10.1. The Morgan fingerprint density at radius 1 is 0.290 bits per heavy atom. The van der Waals surface area contributed by atoms with Crippen LogP contribution < -0.4 is 0 Å². The molecule has 0 aromatic heterocycles. The zero-order valence-corrected chi connectivity index (χ0v) is 45.0. The van der Waals surface area contributed by atoms with Gasteiger partial charge < -0.3 is 14.2 Å². The number of hydrogen-bond acceptors (Lipinski definition) is 6. The van der Waals surface area contributed by atoms with Gasteiger partial charge in [-0.15, -0.1) is 0 Å². The predicted molar refractivity (Wildman–Crippen MR) is 297 cm³/mol. The minimum atomic E-state index is -0.817. The van der Waals surface area contributed by atoms with Crippen LogP contribution in [0.2, 0.25) is 0 Å². The average molecular weight is 960 g/mol. The van der Waals surface area contributed by atoms with Crippen molar-refractivity contribution in [3.05, 3.63) is 97.2 Å². The second kappa shape index (κ2) is 56.9. The van der Waals surface area contributed by atoms with Gasteiger partial charge in [-0.25, -0.2) is 0 Å². The zero-order valence-electron chi connectivity index (χ0n) is 45.0. The van der Waals surface area contributed by atoms with Crippen molar-refractivity contribution in [2.24, 2.45) is 0 Å². The number of ether oxygens (including phenoxy) is 3. The van der Waals surface area contributed by atoms with E-state index >= 15 is 0 Å². The molecule has 0 aromatic carbocycles. The van der Waals surface area contributed by atoms with E-state index in [1.807, 2.05) is 0 Å². The summed E-state index contributed by atoms with van der Waals surface area (Å²) in [7, 11) is 0. The highest BCUT2D eigenvalue weighted by Crippen LogP contribution is 2.13. The van der Waals surface area contributed by atoms with Crippen LogP contribution in [0.25, 0.3) is 0 Å². The standard InChI is InChI=1S/C63H106O6/c1-4-7-10-13-16-19-22-25-28-30-31-33-36-38-41-44-47-50-53-56-62(65)68-59-60(69-63(66)57-54-51-48-45-42-39-34-27-24-21-18-15-12-9-6-3)58-67-61(64)55-52-49-46-43-40-37-35-32-29-26-23-20-17-14-11-8-5-2/h16,19,25-29,31,33-35,37-38,41,43,46,60H,4-15,17-18,20-24,30,32,36,39-40,42,44-45,47-59H2,1-3H3/b19-16-,28-25-,29-26-,33-31-,34-27-,37-35-,41-38-,46-43-/t60-/m0/s1. The third kappa shape index (κ3) is 55.1. The molecule has 394 valence electrons. The van der Waals surface area contributed by atoms with Gasteiger partial charge in [0.2, 0.25) is 0 Å². The maximum atomic E-state index is 12.8. The first kappa shape index (κ1) is 65.3. The Balaban J connectivity index is 4.53. The van der Waals surface area contributed by atoms with Crippen molar-refractivity contribution < 1.29 is 28.6 Å². The lowest BCUT2D eigenvalue weighted by Gasteiger charge is -2.18. The first-order chi connectivity index (χ1) is 34.0. The molecule has 0 spiro atoms. The first-order valence-electron chi connectivity index (χ1n) is 28.7. The molecule has 1 atom stereocenters. The summed E-state index contributed by atoms with van der Waals surface area (Å²) in [5, 5.41) is 0. The van der Waals surface area contributed by atoms with Crippen LogP contribution in [-0.4, -0.2) is 37.2 Å². The fraction of sp³-hybridized carbons (Fsp3) is 0.698. The van der Waals surface area contributed by atoms with Crippen LogP contribution in [0.3, 0.4) is 0 Å². The van der Waals surface area contributed by atoms with E-state index in [0.717, 1.165) is 96.3 Å². The van der Waals surface area contributed by atoms with Gasteiger partial charge in [0.1, 0.15) is 13.2 Å². The Kier molecular flexibility index (Phi) is 53.9. The lowest BCUT2D eigenvalue weighted by molar-refractivity contribution is -0.167. The molecule has 0 bridgehead atoms. The molecule has 0 unspecified atom stereocenters. The minimum Gasteiger partial charge on any atom is -0.462 e. The smallest absolute Gasteiger partial charge is 0.306 e. The fourth-order valence-electron chi connectivity index (χ4n) is 7.67. The summed E-state index contributed by atoms with van der Waals surface area (Å²) in [4.78, 5) is 38.1. The van der Waals surface area contributed by atoms with E-state index in [0.29, 0.717) is 19.3 Å². The molecule has 0 aliphatic rings. The summed E-state index contributed by atoms with van der Waals surface area (Å²) in [5.74, 6) is -1.00. The van der Waals surface area contributed by atoms with Crippen molar-refractivity contribution in [1.29, 1.82) is 0 Å². The number of esters is 3. The van der Waals surface area contributed by atoms with E-state index in [1.54, 1.807) is 0 Å². The summed E-state index contributed by atoms with van der Waals surface area (Å²) in [6.07, 6.45) is 75.4. The van der Waals surface area contributed by atoms with Crippen molar-refractivity contribution in [3.8, 4) is 0 Å². The number of rotatable bonds is 51. The van der Waals surface area contributed by atoms with Gasteiger partial charge in [0.15, 0.2) is 6.10 Å². The highest BCUT2D eigenvalue weighted by atomic mass is 16.6. The maximum absolute atomic E-state index is 12.8. The fourth-order valence-corrected chi connectivity index (χ4v) is 7.67. The Bertz CT molecular complexity index is 1380. The largest absolute Gasteiger partial charge is 0.462 e. The highest BCUT2D eigenvalue weighted by molar-refractivity contribution is 5.71. The summed E-state index contributed by atoms with van der Waals surface area (Å²) in [6.45, 7) is 6.53. The molecular weight excluding hydrogens is 853 g/mol. The number of unbranched alkanes of at least 4 members (excludes halogenated alkanes) is 24. The van der Waals surface area contributed by atoms with E-state index < -0.39 is 6.10 Å². The molecule has 0 radical (unpaired) electrons. The molecule has 0 aliphatic heterocycles. The molecular formula is C63H106O6. The third-order valence-electron chi connectivity index (χ3n) is 12.0. The lowest BCUT2D eigenvalue weighted by Crippen LogP contribution is -2.30. The summed E-state index contributed by atoms with van der Waals surface area (Å²) < 4.78 is 16.8. The second-order valence-corrected chi connectivity index (χ2v) is 18.8. The molecule has 0 heterocycles. The summed E-state index contributed by atoms with van der Waals surface area (Å²) in [6, 6.07) is 0. The van der Waals surface area contributed by atoms with Crippen LogP contribution >= 0.6 is 0 Å². The van der Waals surface area contributed by atoms with Crippen molar-refractivity contribution >= 4 is 17.9 Å². The van der Waals surface area contributed by atoms with Gasteiger partial charge in [0, 0.05) is 19.3 Å². The van der Waals surface area contributed by atoms with Gasteiger partial charge in [0.05, 0.1) is 0 Å². The molecule has 0 aliphatic carbocycles. The monoisotopic (exact) mass is 959 g/mol. The zero-order chi connectivity index (χ0) is 50.0. The van der Waals surface area contributed by atoms with Crippen molar-refractivity contribution in [3.63, 3.8) is 0 Å². The topological polar surface area (TPSA) is 78.9 Å². The van der Waals surface area contributed by atoms with Gasteiger partial charge in [-0.1, -0.05) is 221 Å². The molecule has 0 fully saturated rings. The normalized spacial score (nSPS) is 12.8. The molecule has 69 heavy (non-hydrogen) atoms. The molecule has 0 N–H and O–H groups in total. The summed E-state index contributed by atoms with van der Waals surface area (Å²) >= 11 is 0. The first-order valence-corrected chi connectivity index (χ1v) is 28.7. The number of carbonyl (C=O) groups excluding carboxylic acids is 3. The van der Waals surface area contributed by atoms with Crippen molar-refractivity contribution in [1.82, 2.24) is 0 Å². The second-order valence-electron chi connectivity index (χ2n) is 18.8. The Labute approximate surface area is 426 Å². The van der Waals surface area contributed by atoms with Crippen LogP contribution in [0.5, 0.6) is 0 Å². The highest BCUT2D eigenvalue weighted by Gasteiger charge is 2.19. The Morgan fingerprint density at radius 3 is 0.928 bits per heavy atom. The maximum Gasteiger partial charge on any atom is 0.306 e. The van der Waals surface area contributed by atoms with Crippen LogP contribution in [0, 0.1) is 0 Å². The van der Waals surface area contributed by atoms with Gasteiger partial charge in [0.25, 0.3) is 0 Å². The van der Waals surface area contributed by atoms with E-state index in [2.05, 4.69) is 118 Å². The van der Waals surface area contributed by atoms with E-state index in [4.69, 9.17) is 14.2 Å². The molecule has 0 rings (SSSR count). The van der Waals surface area contributed by atoms with Gasteiger partial charge in [-0.3, -0.25) is 14.4 Å². The van der Waals surface area contributed by atoms with Crippen molar-refractivity contribution in [2.45, 2.75) is 271 Å². The Hall–Kier alpha value is -3.67. The van der Waals surface area contributed by atoms with Gasteiger partial charge >= 0.3 is 17.9 Å². The van der Waals surface area contributed by atoms with Gasteiger partial charge in [-0.05, 0) is 122 Å². The van der Waals surface area contributed by atoms with Crippen LogP contribution in [0.4, 0.5) is 0 Å². The SMILES string of the molecule is CCCCC/C=C\C/C=C\C/C=C\C/C=C\CCCCCC(=O)OC[C@H](COC(=O)CCC/C=C\C/C=C\C/C=C\CCCCCCCC)OC(=O)CCCCCCC/C=C\CCCCCCCC.